The summed E-state index contributed by atoms with van der Waals surface area (Å²) >= 11 is 3.76. The monoisotopic (exact) mass is 261 g/mol. The molecular weight excluding hydrogens is 248 g/mol. The molecule has 0 amide bonds. The van der Waals surface area contributed by atoms with Crippen LogP contribution in [0.2, 0.25) is 0 Å². The quantitative estimate of drug-likeness (QED) is 0.824. The first kappa shape index (κ1) is 11.0. The van der Waals surface area contributed by atoms with Crippen LogP contribution in [0.5, 0.6) is 0 Å². The summed E-state index contributed by atoms with van der Waals surface area (Å²) in [5.74, 6) is 1.20. The molecule has 86 valence electrons. The summed E-state index contributed by atoms with van der Waals surface area (Å²) in [5, 5.41) is 3.35. The summed E-state index contributed by atoms with van der Waals surface area (Å²) in [6, 6.07) is 10.6. The molecule has 0 spiro atoms. The van der Waals surface area contributed by atoms with E-state index in [1.165, 1.54) is 16.3 Å². The number of thioether (sulfide) groups is 2. The number of fused-ring (bicyclic) bond motifs is 1. The zero-order valence-corrected chi connectivity index (χ0v) is 11.1. The van der Waals surface area contributed by atoms with Gasteiger partial charge in [-0.3, -0.25) is 0 Å². The highest BCUT2D eigenvalue weighted by Gasteiger charge is 2.36. The maximum Gasteiger partial charge on any atom is 0.295 e. The largest absolute Gasteiger partial charge is 0.295 e. The molecule has 1 unspecified atom stereocenters. The molecule has 17 heavy (non-hydrogen) atoms. The second-order valence-electron chi connectivity index (χ2n) is 3.76. The standard InChI is InChI=1S/C13H12N2S2/c1-16-13-15-9-5-8-14-12(15)11(17-13)10-6-3-2-4-7-10/h2-9,13H,1H3/p+1. The van der Waals surface area contributed by atoms with Crippen molar-refractivity contribution < 1.29 is 4.58 Å². The number of hydrogen-bond donors (Lipinski definition) is 1. The summed E-state index contributed by atoms with van der Waals surface area (Å²) in [6.45, 7) is 0. The summed E-state index contributed by atoms with van der Waals surface area (Å²) in [4.78, 5) is 1.32. The van der Waals surface area contributed by atoms with Gasteiger partial charge in [0.25, 0.3) is 5.82 Å². The average molecular weight is 261 g/mol. The van der Waals surface area contributed by atoms with Gasteiger partial charge in [0.15, 0.2) is 4.71 Å². The molecule has 0 aliphatic carbocycles. The van der Waals surface area contributed by atoms with Crippen LogP contribution in [0.3, 0.4) is 0 Å². The molecule has 0 saturated carbocycles. The van der Waals surface area contributed by atoms with E-state index in [0.29, 0.717) is 4.71 Å². The Balaban J connectivity index is 2.06. The van der Waals surface area contributed by atoms with E-state index < -0.39 is 0 Å². The van der Waals surface area contributed by atoms with Gasteiger partial charge in [-0.2, -0.15) is 0 Å². The van der Waals surface area contributed by atoms with E-state index in [4.69, 9.17) is 0 Å². The lowest BCUT2D eigenvalue weighted by Crippen LogP contribution is -2.25. The van der Waals surface area contributed by atoms with Crippen molar-refractivity contribution in [2.75, 3.05) is 6.26 Å². The minimum absolute atomic E-state index is 0.428. The number of rotatable bonds is 2. The first-order chi connectivity index (χ1) is 8.40. The fourth-order valence-electron chi connectivity index (χ4n) is 1.94. The van der Waals surface area contributed by atoms with Crippen LogP contribution in [0.25, 0.3) is 4.91 Å². The van der Waals surface area contributed by atoms with Gasteiger partial charge >= 0.3 is 0 Å². The zero-order valence-electron chi connectivity index (χ0n) is 9.46. The van der Waals surface area contributed by atoms with Gasteiger partial charge in [0, 0.05) is 6.08 Å². The molecule has 0 aromatic heterocycles. The van der Waals surface area contributed by atoms with Gasteiger partial charge in [0.2, 0.25) is 0 Å². The summed E-state index contributed by atoms with van der Waals surface area (Å²) < 4.78 is 2.72. The zero-order chi connectivity index (χ0) is 11.7. The van der Waals surface area contributed by atoms with E-state index in [0.717, 1.165) is 0 Å². The van der Waals surface area contributed by atoms with Crippen LogP contribution in [0.15, 0.2) is 48.4 Å². The summed E-state index contributed by atoms with van der Waals surface area (Å²) in [7, 11) is 0. The molecule has 0 fully saturated rings. The molecule has 2 aliphatic rings. The third-order valence-corrected chi connectivity index (χ3v) is 5.31. The van der Waals surface area contributed by atoms with Gasteiger partial charge in [0.05, 0.1) is 12.4 Å². The van der Waals surface area contributed by atoms with Gasteiger partial charge in [-0.15, -0.1) is 11.8 Å². The van der Waals surface area contributed by atoms with Crippen molar-refractivity contribution in [3.05, 3.63) is 54.0 Å². The van der Waals surface area contributed by atoms with Crippen molar-refractivity contribution in [3.8, 4) is 0 Å². The Labute approximate surface area is 109 Å². The van der Waals surface area contributed by atoms with Crippen LogP contribution in [0.1, 0.15) is 5.56 Å². The van der Waals surface area contributed by atoms with E-state index in [2.05, 4.69) is 52.7 Å². The Kier molecular flexibility index (Phi) is 2.99. The van der Waals surface area contributed by atoms with Gasteiger partial charge < -0.3 is 0 Å². The molecule has 1 aromatic carbocycles. The lowest BCUT2D eigenvalue weighted by atomic mass is 10.2. The number of benzene rings is 1. The fourth-order valence-corrected chi connectivity index (χ4v) is 4.06. The van der Waals surface area contributed by atoms with Crippen LogP contribution >= 0.6 is 23.5 Å². The van der Waals surface area contributed by atoms with E-state index in [9.17, 15) is 0 Å². The topological polar surface area (TPSA) is 15.0 Å². The Bertz CT molecular complexity index is 517. The molecule has 0 bridgehead atoms. The predicted molar refractivity (Wildman–Crippen MR) is 76.9 cm³/mol. The van der Waals surface area contributed by atoms with Crippen LogP contribution in [-0.4, -0.2) is 21.8 Å². The third kappa shape index (κ3) is 1.91. The molecule has 1 N–H and O–H groups in total. The van der Waals surface area contributed by atoms with Crippen LogP contribution < -0.4 is 5.32 Å². The summed E-state index contributed by atoms with van der Waals surface area (Å²) in [5.41, 5.74) is 1.28. The highest BCUT2D eigenvalue weighted by atomic mass is 32.2. The SMILES string of the molecule is CSC1SC(c2ccccc2)=C2NC=CC=[N+]21. The van der Waals surface area contributed by atoms with E-state index >= 15 is 0 Å². The van der Waals surface area contributed by atoms with Gasteiger partial charge in [-0.05, 0) is 11.8 Å². The molecule has 2 heterocycles. The molecule has 2 nitrogen and oxygen atoms in total. The lowest BCUT2D eigenvalue weighted by Gasteiger charge is -2.09. The smallest absolute Gasteiger partial charge is 0.246 e. The predicted octanol–water partition coefficient (Wildman–Crippen LogP) is 2.91. The number of nitrogens with one attached hydrogen (secondary N) is 1. The van der Waals surface area contributed by atoms with Gasteiger partial charge in [-0.1, -0.05) is 42.1 Å². The summed E-state index contributed by atoms with van der Waals surface area (Å²) in [6.07, 6.45) is 8.31. The van der Waals surface area contributed by atoms with Crippen LogP contribution in [0.4, 0.5) is 0 Å². The van der Waals surface area contributed by atoms with Crippen LogP contribution in [0, 0.1) is 0 Å². The molecule has 0 radical (unpaired) electrons. The number of nitrogens with zero attached hydrogens (tertiary/aromatic N) is 1. The minimum atomic E-state index is 0.428. The molecule has 4 heteroatoms. The Morgan fingerprint density at radius 1 is 1.29 bits per heavy atom. The first-order valence-electron chi connectivity index (χ1n) is 5.44. The molecule has 3 rings (SSSR count). The maximum atomic E-state index is 3.35. The highest BCUT2D eigenvalue weighted by Crippen LogP contribution is 2.44. The second kappa shape index (κ2) is 4.63. The molecule has 1 atom stereocenters. The normalized spacial score (nSPS) is 22.2. The van der Waals surface area contributed by atoms with Gasteiger partial charge in [0.1, 0.15) is 4.91 Å². The van der Waals surface area contributed by atoms with Crippen molar-refractivity contribution in [2.24, 2.45) is 0 Å². The van der Waals surface area contributed by atoms with E-state index in [-0.39, 0.29) is 0 Å². The average Bonchev–Trinajstić information content (AvgIpc) is 2.78. The van der Waals surface area contributed by atoms with Crippen molar-refractivity contribution in [2.45, 2.75) is 4.71 Å². The lowest BCUT2D eigenvalue weighted by molar-refractivity contribution is -0.463. The van der Waals surface area contributed by atoms with Crippen molar-refractivity contribution in [1.82, 2.24) is 5.32 Å². The van der Waals surface area contributed by atoms with E-state index in [1.54, 1.807) is 0 Å². The Morgan fingerprint density at radius 2 is 2.12 bits per heavy atom. The third-order valence-electron chi connectivity index (χ3n) is 2.72. The Hall–Kier alpha value is -1.13. The van der Waals surface area contributed by atoms with Crippen molar-refractivity contribution in [3.63, 3.8) is 0 Å². The molecule has 2 aliphatic heterocycles. The highest BCUT2D eigenvalue weighted by molar-refractivity contribution is 8.21. The van der Waals surface area contributed by atoms with Gasteiger partial charge in [-0.25, -0.2) is 9.89 Å². The second-order valence-corrected chi connectivity index (χ2v) is 6.07. The molecule has 0 saturated heterocycles. The Morgan fingerprint density at radius 3 is 2.88 bits per heavy atom. The van der Waals surface area contributed by atoms with Crippen LogP contribution in [-0.2, 0) is 0 Å². The molecular formula is C13H13N2S2+. The first-order valence-corrected chi connectivity index (χ1v) is 7.61. The molecule has 1 aromatic rings. The fraction of sp³-hybridized carbons (Fsp3) is 0.154. The van der Waals surface area contributed by atoms with Crippen molar-refractivity contribution >= 4 is 34.6 Å². The minimum Gasteiger partial charge on any atom is -0.246 e. The number of allylic oxidation sites excluding steroid dienone is 1. The maximum absolute atomic E-state index is 3.35. The van der Waals surface area contributed by atoms with Crippen molar-refractivity contribution in [1.29, 1.82) is 0 Å². The number of hydrogen-bond acceptors (Lipinski definition) is 3. The van der Waals surface area contributed by atoms with E-state index in [1.807, 2.05) is 35.8 Å².